The number of nitrogen functional groups attached to an aromatic ring is 1. The van der Waals surface area contributed by atoms with E-state index in [4.69, 9.17) is 5.73 Å². The number of aliphatic hydroxyl groups is 1. The first-order valence-corrected chi connectivity index (χ1v) is 11.7. The van der Waals surface area contributed by atoms with Gasteiger partial charge >= 0.3 is 0 Å². The Morgan fingerprint density at radius 2 is 1.50 bits per heavy atom. The van der Waals surface area contributed by atoms with Gasteiger partial charge in [0.05, 0.1) is 11.7 Å². The molecular formula is C25H35N3O3S. The lowest BCUT2D eigenvalue weighted by molar-refractivity contribution is 0.0907. The van der Waals surface area contributed by atoms with Crippen LogP contribution in [0.25, 0.3) is 0 Å². The van der Waals surface area contributed by atoms with Crippen molar-refractivity contribution >= 4 is 29.3 Å². The number of hydrogen-bond donors (Lipinski definition) is 4. The van der Waals surface area contributed by atoms with Crippen LogP contribution in [0.3, 0.4) is 0 Å². The summed E-state index contributed by atoms with van der Waals surface area (Å²) in [6.07, 6.45) is -0.362. The topological polar surface area (TPSA) is 104 Å². The van der Waals surface area contributed by atoms with Crippen molar-refractivity contribution in [1.29, 1.82) is 0 Å². The quantitative estimate of drug-likeness (QED) is 0.371. The molecule has 2 rings (SSSR count). The Kier molecular flexibility index (Phi) is 8.37. The van der Waals surface area contributed by atoms with Gasteiger partial charge in [0.2, 0.25) is 0 Å². The van der Waals surface area contributed by atoms with Crippen LogP contribution in [-0.2, 0) is 6.42 Å². The number of anilines is 1. The lowest BCUT2D eigenvalue weighted by Crippen LogP contribution is -2.41. The molecule has 7 heteroatoms. The Morgan fingerprint density at radius 3 is 2.09 bits per heavy atom. The van der Waals surface area contributed by atoms with Gasteiger partial charge in [0, 0.05) is 33.0 Å². The summed E-state index contributed by atoms with van der Waals surface area (Å²) in [5.74, 6) is 0.00758. The average Bonchev–Trinajstić information content (AvgIpc) is 2.64. The molecule has 0 aliphatic heterocycles. The third kappa shape index (κ3) is 8.20. The predicted octanol–water partition coefficient (Wildman–Crippen LogP) is 4.02. The molecule has 0 saturated carbocycles. The Labute approximate surface area is 195 Å². The van der Waals surface area contributed by atoms with E-state index in [-0.39, 0.29) is 22.9 Å². The molecular weight excluding hydrogens is 422 g/mol. The summed E-state index contributed by atoms with van der Waals surface area (Å²) < 4.78 is 0. The van der Waals surface area contributed by atoms with E-state index in [0.29, 0.717) is 29.0 Å². The molecule has 0 radical (unpaired) electrons. The van der Waals surface area contributed by atoms with Gasteiger partial charge in [-0.05, 0) is 77.8 Å². The van der Waals surface area contributed by atoms with Gasteiger partial charge in [-0.3, -0.25) is 9.59 Å². The van der Waals surface area contributed by atoms with Gasteiger partial charge in [-0.1, -0.05) is 18.2 Å². The maximum atomic E-state index is 12.7. The number of hydrogen-bond acceptors (Lipinski definition) is 5. The van der Waals surface area contributed by atoms with E-state index in [1.807, 2.05) is 59.7 Å². The second kappa shape index (κ2) is 10.4. The molecule has 0 fully saturated rings. The molecule has 1 unspecified atom stereocenters. The number of carbonyl (C=O) groups excluding carboxylic acids is 2. The van der Waals surface area contributed by atoms with Crippen molar-refractivity contribution in [3.63, 3.8) is 0 Å². The number of carbonyl (C=O) groups is 2. The van der Waals surface area contributed by atoms with Crippen LogP contribution >= 0.6 is 11.8 Å². The lowest BCUT2D eigenvalue weighted by atomic mass is 10.00. The number of thioether (sulfide) groups is 1. The summed E-state index contributed by atoms with van der Waals surface area (Å²) >= 11 is 1.39. The van der Waals surface area contributed by atoms with Crippen LogP contribution in [0, 0.1) is 0 Å². The van der Waals surface area contributed by atoms with Crippen LogP contribution in [0.1, 0.15) is 67.8 Å². The van der Waals surface area contributed by atoms with Crippen molar-refractivity contribution in [2.45, 2.75) is 70.0 Å². The van der Waals surface area contributed by atoms with Gasteiger partial charge in [-0.2, -0.15) is 0 Å². The molecule has 0 spiro atoms. The van der Waals surface area contributed by atoms with Crippen LogP contribution in [-0.4, -0.2) is 39.9 Å². The normalized spacial score (nSPS) is 12.8. The van der Waals surface area contributed by atoms with Crippen LogP contribution in [0.15, 0.2) is 47.4 Å². The zero-order valence-electron chi connectivity index (χ0n) is 19.8. The summed E-state index contributed by atoms with van der Waals surface area (Å²) in [6, 6.07) is 12.5. The Balaban J connectivity index is 2.11. The molecule has 0 aliphatic rings. The summed E-state index contributed by atoms with van der Waals surface area (Å²) in [6.45, 7) is 11.5. The first-order chi connectivity index (χ1) is 14.7. The SMILES string of the molecule is CC(C)(C)NC(=O)c1ccccc1CC(O)CSc1ccc(N)cc1C(=O)NC(C)(C)C. The number of nitrogens with two attached hydrogens (primary N) is 1. The van der Waals surface area contributed by atoms with E-state index in [0.717, 1.165) is 10.5 Å². The van der Waals surface area contributed by atoms with Crippen molar-refractivity contribution in [2.24, 2.45) is 0 Å². The zero-order chi connectivity index (χ0) is 24.1. The second-order valence-electron chi connectivity index (χ2n) is 9.99. The molecule has 1 atom stereocenters. The first kappa shape index (κ1) is 25.7. The highest BCUT2D eigenvalue weighted by Gasteiger charge is 2.21. The molecule has 2 amide bonds. The van der Waals surface area contributed by atoms with Gasteiger partial charge in [-0.25, -0.2) is 0 Å². The summed E-state index contributed by atoms with van der Waals surface area (Å²) in [7, 11) is 0. The minimum atomic E-state index is -0.695. The van der Waals surface area contributed by atoms with Crippen LogP contribution in [0.2, 0.25) is 0 Å². The maximum absolute atomic E-state index is 12.7. The third-order valence-corrected chi connectivity index (χ3v) is 5.59. The Hall–Kier alpha value is -2.51. The molecule has 0 heterocycles. The summed E-state index contributed by atoms with van der Waals surface area (Å²) in [4.78, 5) is 26.1. The molecule has 5 N–H and O–H groups in total. The fourth-order valence-electron chi connectivity index (χ4n) is 3.09. The van der Waals surface area contributed by atoms with Crippen LogP contribution < -0.4 is 16.4 Å². The molecule has 0 bridgehead atoms. The summed E-state index contributed by atoms with van der Waals surface area (Å²) in [5.41, 5.74) is 7.51. The molecule has 174 valence electrons. The van der Waals surface area contributed by atoms with Crippen molar-refractivity contribution in [2.75, 3.05) is 11.5 Å². The van der Waals surface area contributed by atoms with E-state index in [1.165, 1.54) is 11.8 Å². The van der Waals surface area contributed by atoms with Crippen molar-refractivity contribution in [3.05, 3.63) is 59.2 Å². The van der Waals surface area contributed by atoms with Gasteiger partial charge < -0.3 is 21.5 Å². The fourth-order valence-corrected chi connectivity index (χ4v) is 4.05. The van der Waals surface area contributed by atoms with E-state index >= 15 is 0 Å². The zero-order valence-corrected chi connectivity index (χ0v) is 20.6. The van der Waals surface area contributed by atoms with Crippen molar-refractivity contribution in [3.8, 4) is 0 Å². The number of aliphatic hydroxyl groups excluding tert-OH is 1. The van der Waals surface area contributed by atoms with Gasteiger partial charge in [-0.15, -0.1) is 11.8 Å². The maximum Gasteiger partial charge on any atom is 0.252 e. The molecule has 0 saturated heterocycles. The number of benzene rings is 2. The van der Waals surface area contributed by atoms with E-state index in [9.17, 15) is 14.7 Å². The highest BCUT2D eigenvalue weighted by Crippen LogP contribution is 2.27. The molecule has 0 aliphatic carbocycles. The molecule has 0 aromatic heterocycles. The Bertz CT molecular complexity index is 962. The van der Waals surface area contributed by atoms with Crippen molar-refractivity contribution in [1.82, 2.24) is 10.6 Å². The highest BCUT2D eigenvalue weighted by molar-refractivity contribution is 7.99. The average molecular weight is 458 g/mol. The minimum absolute atomic E-state index is 0.160. The smallest absolute Gasteiger partial charge is 0.252 e. The fraction of sp³-hybridized carbons (Fsp3) is 0.440. The predicted molar refractivity (Wildman–Crippen MR) is 132 cm³/mol. The number of rotatable bonds is 7. The molecule has 2 aromatic rings. The first-order valence-electron chi connectivity index (χ1n) is 10.7. The van der Waals surface area contributed by atoms with E-state index < -0.39 is 6.10 Å². The van der Waals surface area contributed by atoms with Gasteiger partial charge in [0.25, 0.3) is 11.8 Å². The number of nitrogens with one attached hydrogen (secondary N) is 2. The van der Waals surface area contributed by atoms with Crippen molar-refractivity contribution < 1.29 is 14.7 Å². The number of amides is 2. The summed E-state index contributed by atoms with van der Waals surface area (Å²) in [5, 5.41) is 16.6. The van der Waals surface area contributed by atoms with E-state index in [2.05, 4.69) is 10.6 Å². The molecule has 6 nitrogen and oxygen atoms in total. The minimum Gasteiger partial charge on any atom is -0.399 e. The van der Waals surface area contributed by atoms with E-state index in [1.54, 1.807) is 24.3 Å². The monoisotopic (exact) mass is 457 g/mol. The second-order valence-corrected chi connectivity index (χ2v) is 11.1. The standard InChI is InChI=1S/C25H35N3O3S/c1-24(2,3)27-22(30)19-10-8-7-9-16(19)13-18(29)15-32-21-12-11-17(26)14-20(21)23(31)28-25(4,5)6/h7-12,14,18,29H,13,15,26H2,1-6H3,(H,27,30)(H,28,31). The van der Waals surface area contributed by atoms with Crippen LogP contribution in [0.4, 0.5) is 5.69 Å². The van der Waals surface area contributed by atoms with Gasteiger partial charge in [0.1, 0.15) is 0 Å². The molecule has 32 heavy (non-hydrogen) atoms. The van der Waals surface area contributed by atoms with Gasteiger partial charge in [0.15, 0.2) is 0 Å². The molecule has 2 aromatic carbocycles. The third-order valence-electron chi connectivity index (χ3n) is 4.37. The largest absolute Gasteiger partial charge is 0.399 e. The highest BCUT2D eigenvalue weighted by atomic mass is 32.2. The van der Waals surface area contributed by atoms with Crippen LogP contribution in [0.5, 0.6) is 0 Å². The Morgan fingerprint density at radius 1 is 0.938 bits per heavy atom. The lowest BCUT2D eigenvalue weighted by Gasteiger charge is -2.22.